The molecule has 0 heterocycles. The van der Waals surface area contributed by atoms with Gasteiger partial charge in [-0.2, -0.15) is 4.89 Å². The van der Waals surface area contributed by atoms with Crippen LogP contribution in [-0.4, -0.2) is 17.0 Å². The maximum atomic E-state index is 11.3. The molecular formula is C11H16O4. The van der Waals surface area contributed by atoms with E-state index in [0.29, 0.717) is 5.56 Å². The zero-order valence-electron chi connectivity index (χ0n) is 9.11. The number of hydrogen-bond donors (Lipinski definition) is 0. The molecule has 0 saturated heterocycles. The monoisotopic (exact) mass is 212 g/mol. The lowest BCUT2D eigenvalue weighted by Crippen LogP contribution is -2.21. The van der Waals surface area contributed by atoms with Crippen LogP contribution < -0.4 is 0 Å². The molecule has 0 unspecified atom stereocenters. The zero-order valence-corrected chi connectivity index (χ0v) is 9.11. The van der Waals surface area contributed by atoms with Crippen molar-refractivity contribution in [1.82, 2.24) is 0 Å². The van der Waals surface area contributed by atoms with Gasteiger partial charge >= 0.3 is 5.97 Å². The minimum absolute atomic E-state index is 0. The van der Waals surface area contributed by atoms with E-state index in [2.05, 4.69) is 4.89 Å². The highest BCUT2D eigenvalue weighted by Gasteiger charge is 2.15. The van der Waals surface area contributed by atoms with Gasteiger partial charge in [0, 0.05) is 0 Å². The van der Waals surface area contributed by atoms with Crippen LogP contribution in [0.15, 0.2) is 30.3 Å². The predicted octanol–water partition coefficient (Wildman–Crippen LogP) is 1.75. The molecule has 0 aromatic heterocycles. The fourth-order valence-electron chi connectivity index (χ4n) is 0.785. The van der Waals surface area contributed by atoms with Crippen molar-refractivity contribution in [2.24, 2.45) is 0 Å². The van der Waals surface area contributed by atoms with Crippen molar-refractivity contribution >= 4 is 5.97 Å². The molecule has 4 nitrogen and oxygen atoms in total. The maximum absolute atomic E-state index is 11.3. The Morgan fingerprint density at radius 1 is 1.13 bits per heavy atom. The first-order valence-electron chi connectivity index (χ1n) is 4.44. The molecule has 2 N–H and O–H groups in total. The van der Waals surface area contributed by atoms with Gasteiger partial charge in [0.2, 0.25) is 0 Å². The highest BCUT2D eigenvalue weighted by atomic mass is 17.2. The van der Waals surface area contributed by atoms with Gasteiger partial charge in [-0.1, -0.05) is 18.2 Å². The lowest BCUT2D eigenvalue weighted by molar-refractivity contribution is -0.301. The van der Waals surface area contributed by atoms with Gasteiger partial charge in [0.25, 0.3) is 0 Å². The molecule has 0 spiro atoms. The van der Waals surface area contributed by atoms with E-state index in [1.807, 2.05) is 26.8 Å². The molecule has 0 amide bonds. The second-order valence-corrected chi connectivity index (χ2v) is 3.93. The van der Waals surface area contributed by atoms with Crippen molar-refractivity contribution in [2.75, 3.05) is 0 Å². The molecule has 0 atom stereocenters. The second kappa shape index (κ2) is 5.48. The first kappa shape index (κ1) is 13.6. The fourth-order valence-corrected chi connectivity index (χ4v) is 0.785. The minimum atomic E-state index is -0.482. The van der Waals surface area contributed by atoms with Crippen molar-refractivity contribution in [3.05, 3.63) is 35.9 Å². The van der Waals surface area contributed by atoms with Crippen molar-refractivity contribution in [1.29, 1.82) is 0 Å². The van der Waals surface area contributed by atoms with Crippen LogP contribution >= 0.6 is 0 Å². The van der Waals surface area contributed by atoms with E-state index in [-0.39, 0.29) is 5.48 Å². The van der Waals surface area contributed by atoms with Crippen LogP contribution in [0.1, 0.15) is 31.1 Å². The van der Waals surface area contributed by atoms with Crippen molar-refractivity contribution in [3.63, 3.8) is 0 Å². The summed E-state index contributed by atoms with van der Waals surface area (Å²) >= 11 is 0. The summed E-state index contributed by atoms with van der Waals surface area (Å²) in [5.41, 5.74) is 0.00140. The van der Waals surface area contributed by atoms with Gasteiger partial charge in [-0.15, -0.1) is 0 Å². The summed E-state index contributed by atoms with van der Waals surface area (Å²) in [6, 6.07) is 8.73. The molecule has 0 bridgehead atoms. The summed E-state index contributed by atoms with van der Waals surface area (Å²) in [5, 5.41) is 0. The second-order valence-electron chi connectivity index (χ2n) is 3.93. The normalized spacial score (nSPS) is 10.3. The number of carbonyl (C=O) groups excluding carboxylic acids is 1. The third kappa shape index (κ3) is 5.15. The van der Waals surface area contributed by atoms with E-state index < -0.39 is 11.6 Å². The van der Waals surface area contributed by atoms with Gasteiger partial charge in [0.05, 0.1) is 5.56 Å². The standard InChI is InChI=1S/C11H14O3.H2O/c1-11(2,3)14-13-10(12)9-7-5-4-6-8-9;/h4-8H,1-3H3;1H2. The Labute approximate surface area is 89.1 Å². The average Bonchev–Trinajstić information content (AvgIpc) is 2.14. The van der Waals surface area contributed by atoms with E-state index >= 15 is 0 Å². The summed E-state index contributed by atoms with van der Waals surface area (Å²) in [6.07, 6.45) is 0. The molecule has 84 valence electrons. The number of rotatable bonds is 2. The van der Waals surface area contributed by atoms with Crippen LogP contribution in [0.3, 0.4) is 0 Å². The largest absolute Gasteiger partial charge is 0.412 e. The van der Waals surface area contributed by atoms with Crippen LogP contribution in [-0.2, 0) is 9.78 Å². The van der Waals surface area contributed by atoms with Crippen LogP contribution in [0.5, 0.6) is 0 Å². The Bertz CT molecular complexity index is 300. The summed E-state index contributed by atoms with van der Waals surface area (Å²) in [6.45, 7) is 5.43. The Morgan fingerprint density at radius 3 is 2.13 bits per heavy atom. The van der Waals surface area contributed by atoms with Crippen molar-refractivity contribution in [2.45, 2.75) is 26.4 Å². The van der Waals surface area contributed by atoms with Gasteiger partial charge < -0.3 is 5.48 Å². The zero-order chi connectivity index (χ0) is 10.6. The smallest absolute Gasteiger partial charge is 0.373 e. The van der Waals surface area contributed by atoms with Crippen LogP contribution in [0.2, 0.25) is 0 Å². The topological polar surface area (TPSA) is 67.0 Å². The Morgan fingerprint density at radius 2 is 1.67 bits per heavy atom. The van der Waals surface area contributed by atoms with Gasteiger partial charge in [0.1, 0.15) is 5.60 Å². The van der Waals surface area contributed by atoms with E-state index in [4.69, 9.17) is 4.89 Å². The number of hydrogen-bond acceptors (Lipinski definition) is 3. The number of benzene rings is 1. The van der Waals surface area contributed by atoms with Crippen LogP contribution in [0.25, 0.3) is 0 Å². The van der Waals surface area contributed by atoms with Crippen LogP contribution in [0.4, 0.5) is 0 Å². The molecule has 1 rings (SSSR count). The highest BCUT2D eigenvalue weighted by Crippen LogP contribution is 2.09. The molecule has 0 radical (unpaired) electrons. The molecule has 1 aromatic carbocycles. The molecule has 0 fully saturated rings. The maximum Gasteiger partial charge on any atom is 0.373 e. The molecule has 0 aliphatic heterocycles. The van der Waals surface area contributed by atoms with Crippen LogP contribution in [0, 0.1) is 0 Å². The molecule has 1 aromatic rings. The molecule has 0 aliphatic rings. The first-order valence-corrected chi connectivity index (χ1v) is 4.44. The van der Waals surface area contributed by atoms with E-state index in [1.165, 1.54) is 0 Å². The first-order chi connectivity index (χ1) is 6.49. The molecular weight excluding hydrogens is 196 g/mol. The molecule has 0 saturated carbocycles. The summed E-state index contributed by atoms with van der Waals surface area (Å²) in [4.78, 5) is 20.9. The summed E-state index contributed by atoms with van der Waals surface area (Å²) in [7, 11) is 0. The summed E-state index contributed by atoms with van der Waals surface area (Å²) < 4.78 is 0. The van der Waals surface area contributed by atoms with E-state index in [0.717, 1.165) is 0 Å². The van der Waals surface area contributed by atoms with E-state index in [1.54, 1.807) is 24.3 Å². The lowest BCUT2D eigenvalue weighted by atomic mass is 10.2. The van der Waals surface area contributed by atoms with Gasteiger partial charge in [-0.05, 0) is 32.9 Å². The van der Waals surface area contributed by atoms with Gasteiger partial charge in [-0.25, -0.2) is 4.79 Å². The average molecular weight is 212 g/mol. The third-order valence-corrected chi connectivity index (χ3v) is 1.38. The Balaban J connectivity index is 0.00000196. The Hall–Kier alpha value is -1.39. The van der Waals surface area contributed by atoms with Gasteiger partial charge in [-0.3, -0.25) is 4.89 Å². The fraction of sp³-hybridized carbons (Fsp3) is 0.364. The van der Waals surface area contributed by atoms with Crippen molar-refractivity contribution in [3.8, 4) is 0 Å². The quantitative estimate of drug-likeness (QED) is 0.554. The SMILES string of the molecule is CC(C)(C)OOC(=O)c1ccccc1.O. The predicted molar refractivity (Wildman–Crippen MR) is 56.3 cm³/mol. The van der Waals surface area contributed by atoms with Gasteiger partial charge in [0.15, 0.2) is 0 Å². The Kier molecular flexibility index (Phi) is 4.97. The van der Waals surface area contributed by atoms with Crippen molar-refractivity contribution < 1.29 is 20.0 Å². The third-order valence-electron chi connectivity index (χ3n) is 1.38. The highest BCUT2D eigenvalue weighted by molar-refractivity contribution is 5.88. The number of carbonyl (C=O) groups is 1. The molecule has 4 heteroatoms. The molecule has 15 heavy (non-hydrogen) atoms. The summed E-state index contributed by atoms with van der Waals surface area (Å²) in [5.74, 6) is -0.472. The van der Waals surface area contributed by atoms with E-state index in [9.17, 15) is 4.79 Å². The lowest BCUT2D eigenvalue weighted by Gasteiger charge is -2.16. The molecule has 0 aliphatic carbocycles. The minimum Gasteiger partial charge on any atom is -0.412 e.